The van der Waals surface area contributed by atoms with Crippen LogP contribution in [0, 0.1) is 6.92 Å². The van der Waals surface area contributed by atoms with E-state index in [4.69, 9.17) is 0 Å². The summed E-state index contributed by atoms with van der Waals surface area (Å²) < 4.78 is 0. The third-order valence-corrected chi connectivity index (χ3v) is 2.96. The Hall–Kier alpha value is -1.51. The van der Waals surface area contributed by atoms with Crippen LogP contribution in [0.4, 0.5) is 5.69 Å². The first-order valence-electron chi connectivity index (χ1n) is 5.75. The van der Waals surface area contributed by atoms with Gasteiger partial charge in [0.15, 0.2) is 0 Å². The third-order valence-electron chi connectivity index (χ3n) is 2.96. The standard InChI is InChI=1S/C13H18N2O/c1-9(2)15-7-6-14-12-8-10(3)4-5-11(12)13(15)16/h4-5,8-9,14H,6-7H2,1-3H3. The molecule has 1 aliphatic rings. The van der Waals surface area contributed by atoms with Crippen molar-refractivity contribution in [1.29, 1.82) is 0 Å². The zero-order valence-corrected chi connectivity index (χ0v) is 10.1. The molecule has 0 saturated carbocycles. The Bertz CT molecular complexity index is 412. The molecule has 0 atom stereocenters. The van der Waals surface area contributed by atoms with E-state index < -0.39 is 0 Å². The number of carbonyl (C=O) groups is 1. The van der Waals surface area contributed by atoms with Crippen LogP contribution < -0.4 is 5.32 Å². The quantitative estimate of drug-likeness (QED) is 0.784. The highest BCUT2D eigenvalue weighted by molar-refractivity contribution is 6.00. The largest absolute Gasteiger partial charge is 0.383 e. The Labute approximate surface area is 96.5 Å². The van der Waals surface area contributed by atoms with Crippen LogP contribution in [0.2, 0.25) is 0 Å². The molecule has 1 aliphatic heterocycles. The lowest BCUT2D eigenvalue weighted by Gasteiger charge is -2.24. The van der Waals surface area contributed by atoms with Crippen molar-refractivity contribution in [2.75, 3.05) is 18.4 Å². The Kier molecular flexibility index (Phi) is 2.86. The van der Waals surface area contributed by atoms with Crippen LogP contribution in [-0.2, 0) is 0 Å². The molecule has 1 N–H and O–H groups in total. The molecule has 3 nitrogen and oxygen atoms in total. The van der Waals surface area contributed by atoms with E-state index >= 15 is 0 Å². The van der Waals surface area contributed by atoms with Crippen LogP contribution in [0.15, 0.2) is 18.2 Å². The third kappa shape index (κ3) is 1.90. The molecule has 0 fully saturated rings. The number of fused-ring (bicyclic) bond motifs is 1. The van der Waals surface area contributed by atoms with Gasteiger partial charge >= 0.3 is 0 Å². The van der Waals surface area contributed by atoms with Gasteiger partial charge in [-0.05, 0) is 38.5 Å². The van der Waals surface area contributed by atoms with E-state index in [2.05, 4.69) is 19.2 Å². The number of aryl methyl sites for hydroxylation is 1. The summed E-state index contributed by atoms with van der Waals surface area (Å²) in [5.74, 6) is 0.134. The highest BCUT2D eigenvalue weighted by Crippen LogP contribution is 2.22. The lowest BCUT2D eigenvalue weighted by Crippen LogP contribution is -2.38. The molecule has 1 aromatic carbocycles. The SMILES string of the molecule is Cc1ccc2c(c1)NCCN(C(C)C)C2=O. The topological polar surface area (TPSA) is 32.3 Å². The van der Waals surface area contributed by atoms with Gasteiger partial charge in [-0.15, -0.1) is 0 Å². The molecule has 1 amide bonds. The summed E-state index contributed by atoms with van der Waals surface area (Å²) in [6.45, 7) is 7.73. The van der Waals surface area contributed by atoms with Crippen molar-refractivity contribution in [2.45, 2.75) is 26.8 Å². The van der Waals surface area contributed by atoms with Crippen molar-refractivity contribution in [2.24, 2.45) is 0 Å². The monoisotopic (exact) mass is 218 g/mol. The van der Waals surface area contributed by atoms with Crippen LogP contribution >= 0.6 is 0 Å². The number of carbonyl (C=O) groups excluding carboxylic acids is 1. The fraction of sp³-hybridized carbons (Fsp3) is 0.462. The molecule has 0 aromatic heterocycles. The van der Waals surface area contributed by atoms with E-state index in [-0.39, 0.29) is 11.9 Å². The summed E-state index contributed by atoms with van der Waals surface area (Å²) in [6, 6.07) is 6.20. The molecule has 1 aromatic rings. The molecule has 0 unspecified atom stereocenters. The normalized spacial score (nSPS) is 15.8. The predicted molar refractivity (Wildman–Crippen MR) is 65.8 cm³/mol. The maximum Gasteiger partial charge on any atom is 0.256 e. The molecule has 0 saturated heterocycles. The highest BCUT2D eigenvalue weighted by Gasteiger charge is 2.23. The smallest absolute Gasteiger partial charge is 0.256 e. The minimum atomic E-state index is 0.134. The van der Waals surface area contributed by atoms with Crippen LogP contribution in [0.3, 0.4) is 0 Å². The average Bonchev–Trinajstić information content (AvgIpc) is 2.37. The number of rotatable bonds is 1. The van der Waals surface area contributed by atoms with E-state index in [9.17, 15) is 4.79 Å². The molecule has 0 aliphatic carbocycles. The van der Waals surface area contributed by atoms with Gasteiger partial charge in [0.25, 0.3) is 5.91 Å². The van der Waals surface area contributed by atoms with Gasteiger partial charge in [-0.3, -0.25) is 4.79 Å². The van der Waals surface area contributed by atoms with Gasteiger partial charge in [0, 0.05) is 24.8 Å². The number of hydrogen-bond donors (Lipinski definition) is 1. The van der Waals surface area contributed by atoms with E-state index in [1.165, 1.54) is 5.56 Å². The molecule has 0 radical (unpaired) electrons. The van der Waals surface area contributed by atoms with Crippen LogP contribution in [-0.4, -0.2) is 29.9 Å². The Balaban J connectivity index is 2.41. The summed E-state index contributed by atoms with van der Waals surface area (Å²) >= 11 is 0. The average molecular weight is 218 g/mol. The summed E-state index contributed by atoms with van der Waals surface area (Å²) in [5.41, 5.74) is 2.93. The fourth-order valence-corrected chi connectivity index (χ4v) is 2.05. The first-order chi connectivity index (χ1) is 7.59. The van der Waals surface area contributed by atoms with Gasteiger partial charge in [-0.2, -0.15) is 0 Å². The molecule has 0 spiro atoms. The summed E-state index contributed by atoms with van der Waals surface area (Å²) in [5, 5.41) is 3.32. The number of nitrogens with zero attached hydrogens (tertiary/aromatic N) is 1. The fourth-order valence-electron chi connectivity index (χ4n) is 2.05. The van der Waals surface area contributed by atoms with Crippen LogP contribution in [0.25, 0.3) is 0 Å². The lowest BCUT2D eigenvalue weighted by atomic mass is 10.1. The molecule has 3 heteroatoms. The Morgan fingerprint density at radius 2 is 2.12 bits per heavy atom. The van der Waals surface area contributed by atoms with E-state index in [1.54, 1.807) is 0 Å². The minimum Gasteiger partial charge on any atom is -0.383 e. The van der Waals surface area contributed by atoms with Gasteiger partial charge in [0.05, 0.1) is 5.56 Å². The lowest BCUT2D eigenvalue weighted by molar-refractivity contribution is 0.0720. The Morgan fingerprint density at radius 1 is 1.38 bits per heavy atom. The van der Waals surface area contributed by atoms with E-state index in [0.717, 1.165) is 24.3 Å². The number of amides is 1. The molecule has 2 rings (SSSR count). The molecule has 86 valence electrons. The first kappa shape index (κ1) is 11.0. The Morgan fingerprint density at radius 3 is 2.81 bits per heavy atom. The molecular formula is C13H18N2O. The molecular weight excluding hydrogens is 200 g/mol. The van der Waals surface area contributed by atoms with Crippen LogP contribution in [0.1, 0.15) is 29.8 Å². The summed E-state index contributed by atoms with van der Waals surface area (Å²) in [4.78, 5) is 14.2. The van der Waals surface area contributed by atoms with Gasteiger partial charge in [0.1, 0.15) is 0 Å². The van der Waals surface area contributed by atoms with E-state index in [1.807, 2.05) is 30.0 Å². The number of anilines is 1. The van der Waals surface area contributed by atoms with Gasteiger partial charge in [0.2, 0.25) is 0 Å². The van der Waals surface area contributed by atoms with Crippen LogP contribution in [0.5, 0.6) is 0 Å². The number of nitrogens with one attached hydrogen (secondary N) is 1. The van der Waals surface area contributed by atoms with Gasteiger partial charge in [-0.25, -0.2) is 0 Å². The van der Waals surface area contributed by atoms with Crippen molar-refractivity contribution in [3.63, 3.8) is 0 Å². The van der Waals surface area contributed by atoms with Gasteiger partial charge < -0.3 is 10.2 Å². The molecule has 1 heterocycles. The second-order valence-electron chi connectivity index (χ2n) is 4.57. The van der Waals surface area contributed by atoms with Crippen molar-refractivity contribution < 1.29 is 4.79 Å². The zero-order valence-electron chi connectivity index (χ0n) is 10.1. The number of hydrogen-bond acceptors (Lipinski definition) is 2. The van der Waals surface area contributed by atoms with Crippen molar-refractivity contribution in [1.82, 2.24) is 4.90 Å². The summed E-state index contributed by atoms with van der Waals surface area (Å²) in [7, 11) is 0. The molecule has 0 bridgehead atoms. The van der Waals surface area contributed by atoms with Gasteiger partial charge in [-0.1, -0.05) is 6.07 Å². The highest BCUT2D eigenvalue weighted by atomic mass is 16.2. The maximum absolute atomic E-state index is 12.3. The van der Waals surface area contributed by atoms with Crippen molar-refractivity contribution in [3.05, 3.63) is 29.3 Å². The maximum atomic E-state index is 12.3. The second kappa shape index (κ2) is 4.16. The second-order valence-corrected chi connectivity index (χ2v) is 4.57. The van der Waals surface area contributed by atoms with Crippen molar-refractivity contribution in [3.8, 4) is 0 Å². The number of benzene rings is 1. The van der Waals surface area contributed by atoms with E-state index in [0.29, 0.717) is 0 Å². The predicted octanol–water partition coefficient (Wildman–Crippen LogP) is 2.27. The minimum absolute atomic E-state index is 0.134. The molecule has 16 heavy (non-hydrogen) atoms. The zero-order chi connectivity index (χ0) is 11.7. The first-order valence-corrected chi connectivity index (χ1v) is 5.75. The van der Waals surface area contributed by atoms with Crippen molar-refractivity contribution >= 4 is 11.6 Å². The summed E-state index contributed by atoms with van der Waals surface area (Å²) in [6.07, 6.45) is 0.